The van der Waals surface area contributed by atoms with Crippen LogP contribution in [0, 0.1) is 5.92 Å². The molecule has 0 saturated carbocycles. The first kappa shape index (κ1) is 16.1. The quantitative estimate of drug-likeness (QED) is 0.687. The lowest BCUT2D eigenvalue weighted by Crippen LogP contribution is -2.30. The van der Waals surface area contributed by atoms with E-state index in [1.165, 1.54) is 12.8 Å². The van der Waals surface area contributed by atoms with Gasteiger partial charge >= 0.3 is 0 Å². The Morgan fingerprint density at radius 1 is 1.24 bits per heavy atom. The first-order chi connectivity index (χ1) is 10.2. The van der Waals surface area contributed by atoms with Crippen LogP contribution >= 0.6 is 0 Å². The van der Waals surface area contributed by atoms with E-state index >= 15 is 0 Å². The number of benzene rings is 1. The fourth-order valence-electron chi connectivity index (χ4n) is 2.30. The maximum absolute atomic E-state index is 5.67. The standard InChI is InChI=1S/C17H28N2O2/c1-14(2)13-21-16-7-5-15(6-8-16)19-10-9-18-12-17-4-3-11-20-17/h5-8,14,17-19H,3-4,9-13H2,1-2H3. The van der Waals surface area contributed by atoms with Gasteiger partial charge in [-0.15, -0.1) is 0 Å². The molecule has 0 aromatic heterocycles. The highest BCUT2D eigenvalue weighted by Gasteiger charge is 2.13. The van der Waals surface area contributed by atoms with Crippen LogP contribution in [0.1, 0.15) is 26.7 Å². The lowest BCUT2D eigenvalue weighted by Gasteiger charge is -2.12. The van der Waals surface area contributed by atoms with Crippen LogP contribution in [0.25, 0.3) is 0 Å². The molecule has 0 amide bonds. The second kappa shape index (κ2) is 8.90. The van der Waals surface area contributed by atoms with Crippen LogP contribution in [0.4, 0.5) is 5.69 Å². The SMILES string of the molecule is CC(C)COc1ccc(NCCNCC2CCCO2)cc1. The first-order valence-corrected chi connectivity index (χ1v) is 8.03. The molecule has 1 atom stereocenters. The van der Waals surface area contributed by atoms with E-state index < -0.39 is 0 Å². The third-order valence-corrected chi connectivity index (χ3v) is 3.46. The van der Waals surface area contributed by atoms with E-state index in [4.69, 9.17) is 9.47 Å². The summed E-state index contributed by atoms with van der Waals surface area (Å²) in [5.41, 5.74) is 1.13. The average Bonchev–Trinajstić information content (AvgIpc) is 2.99. The largest absolute Gasteiger partial charge is 0.493 e. The third kappa shape index (κ3) is 6.36. The van der Waals surface area contributed by atoms with Crippen molar-refractivity contribution in [3.63, 3.8) is 0 Å². The lowest BCUT2D eigenvalue weighted by atomic mass is 10.2. The van der Waals surface area contributed by atoms with Crippen LogP contribution in [0.5, 0.6) is 5.75 Å². The smallest absolute Gasteiger partial charge is 0.119 e. The molecule has 1 aliphatic heterocycles. The summed E-state index contributed by atoms with van der Waals surface area (Å²) < 4.78 is 11.2. The molecule has 2 N–H and O–H groups in total. The summed E-state index contributed by atoms with van der Waals surface area (Å²) in [5, 5.41) is 6.83. The highest BCUT2D eigenvalue weighted by atomic mass is 16.5. The zero-order chi connectivity index (χ0) is 14.9. The number of hydrogen-bond acceptors (Lipinski definition) is 4. The van der Waals surface area contributed by atoms with E-state index in [2.05, 4.69) is 36.6 Å². The molecule has 0 aliphatic carbocycles. The zero-order valence-corrected chi connectivity index (χ0v) is 13.2. The zero-order valence-electron chi connectivity index (χ0n) is 13.2. The highest BCUT2D eigenvalue weighted by molar-refractivity contribution is 5.46. The van der Waals surface area contributed by atoms with E-state index in [1.807, 2.05) is 12.1 Å². The molecular weight excluding hydrogens is 264 g/mol. The molecule has 1 aliphatic rings. The maximum Gasteiger partial charge on any atom is 0.119 e. The monoisotopic (exact) mass is 292 g/mol. The molecule has 1 aromatic carbocycles. The Hall–Kier alpha value is -1.26. The lowest BCUT2D eigenvalue weighted by molar-refractivity contribution is 0.110. The molecule has 1 heterocycles. The van der Waals surface area contributed by atoms with Crippen LogP contribution in [0.15, 0.2) is 24.3 Å². The summed E-state index contributed by atoms with van der Waals surface area (Å²) in [4.78, 5) is 0. The van der Waals surface area contributed by atoms with Gasteiger partial charge in [-0.25, -0.2) is 0 Å². The van der Waals surface area contributed by atoms with E-state index in [9.17, 15) is 0 Å². The van der Waals surface area contributed by atoms with Gasteiger partial charge in [-0.2, -0.15) is 0 Å². The molecule has 1 fully saturated rings. The number of ether oxygens (including phenoxy) is 2. The number of anilines is 1. The van der Waals surface area contributed by atoms with Gasteiger partial charge < -0.3 is 20.1 Å². The minimum Gasteiger partial charge on any atom is -0.493 e. The van der Waals surface area contributed by atoms with Crippen molar-refractivity contribution in [2.24, 2.45) is 5.92 Å². The summed E-state index contributed by atoms with van der Waals surface area (Å²) >= 11 is 0. The third-order valence-electron chi connectivity index (χ3n) is 3.46. The van der Waals surface area contributed by atoms with E-state index in [0.29, 0.717) is 12.0 Å². The summed E-state index contributed by atoms with van der Waals surface area (Å²) in [6, 6.07) is 8.17. The summed E-state index contributed by atoms with van der Waals surface area (Å²) in [7, 11) is 0. The molecule has 0 spiro atoms. The molecule has 1 unspecified atom stereocenters. The average molecular weight is 292 g/mol. The van der Waals surface area contributed by atoms with Gasteiger partial charge in [0.2, 0.25) is 0 Å². The Morgan fingerprint density at radius 3 is 2.71 bits per heavy atom. The molecular formula is C17H28N2O2. The Kier molecular flexibility index (Phi) is 6.83. The molecule has 21 heavy (non-hydrogen) atoms. The van der Waals surface area contributed by atoms with Gasteiger partial charge in [0.25, 0.3) is 0 Å². The van der Waals surface area contributed by atoms with Crippen molar-refractivity contribution in [3.05, 3.63) is 24.3 Å². The van der Waals surface area contributed by atoms with Crippen molar-refractivity contribution in [2.45, 2.75) is 32.8 Å². The van der Waals surface area contributed by atoms with Crippen LogP contribution in [-0.4, -0.2) is 39.0 Å². The second-order valence-corrected chi connectivity index (χ2v) is 6.00. The van der Waals surface area contributed by atoms with Gasteiger partial charge in [0.1, 0.15) is 5.75 Å². The molecule has 1 aromatic rings. The maximum atomic E-state index is 5.67. The van der Waals surface area contributed by atoms with Crippen LogP contribution in [0.3, 0.4) is 0 Å². The van der Waals surface area contributed by atoms with Crippen molar-refractivity contribution < 1.29 is 9.47 Å². The molecule has 1 saturated heterocycles. The van der Waals surface area contributed by atoms with E-state index in [-0.39, 0.29) is 0 Å². The van der Waals surface area contributed by atoms with Gasteiger partial charge in [-0.3, -0.25) is 0 Å². The Morgan fingerprint density at radius 2 is 2.05 bits per heavy atom. The molecule has 4 heteroatoms. The summed E-state index contributed by atoms with van der Waals surface area (Å²) in [5.74, 6) is 1.49. The van der Waals surface area contributed by atoms with Crippen molar-refractivity contribution in [2.75, 3.05) is 38.2 Å². The second-order valence-electron chi connectivity index (χ2n) is 6.00. The van der Waals surface area contributed by atoms with Gasteiger partial charge in [0.15, 0.2) is 0 Å². The summed E-state index contributed by atoms with van der Waals surface area (Å²) in [6.45, 7) is 8.82. The number of rotatable bonds is 9. The molecule has 0 radical (unpaired) electrons. The van der Waals surface area contributed by atoms with Crippen molar-refractivity contribution in [3.8, 4) is 5.75 Å². The van der Waals surface area contributed by atoms with Gasteiger partial charge in [0.05, 0.1) is 12.7 Å². The Labute approximate surface area is 128 Å². The normalized spacial score (nSPS) is 18.1. The van der Waals surface area contributed by atoms with Gasteiger partial charge in [-0.05, 0) is 43.0 Å². The predicted molar refractivity (Wildman–Crippen MR) is 87.1 cm³/mol. The Balaban J connectivity index is 1.57. The Bertz CT molecular complexity index is 386. The van der Waals surface area contributed by atoms with Gasteiger partial charge in [0, 0.05) is 31.9 Å². The van der Waals surface area contributed by atoms with Crippen molar-refractivity contribution in [1.29, 1.82) is 0 Å². The molecule has 2 rings (SSSR count). The van der Waals surface area contributed by atoms with Gasteiger partial charge in [-0.1, -0.05) is 13.8 Å². The number of hydrogen-bond donors (Lipinski definition) is 2. The first-order valence-electron chi connectivity index (χ1n) is 8.03. The minimum absolute atomic E-state index is 0.419. The topological polar surface area (TPSA) is 42.5 Å². The fourth-order valence-corrected chi connectivity index (χ4v) is 2.30. The van der Waals surface area contributed by atoms with E-state index in [1.54, 1.807) is 0 Å². The molecule has 0 bridgehead atoms. The minimum atomic E-state index is 0.419. The highest BCUT2D eigenvalue weighted by Crippen LogP contribution is 2.16. The van der Waals surface area contributed by atoms with Crippen molar-refractivity contribution in [1.82, 2.24) is 5.32 Å². The van der Waals surface area contributed by atoms with Crippen LogP contribution in [-0.2, 0) is 4.74 Å². The molecule has 4 nitrogen and oxygen atoms in total. The van der Waals surface area contributed by atoms with Crippen LogP contribution < -0.4 is 15.4 Å². The number of nitrogens with one attached hydrogen (secondary N) is 2. The van der Waals surface area contributed by atoms with Crippen molar-refractivity contribution >= 4 is 5.69 Å². The van der Waals surface area contributed by atoms with E-state index in [0.717, 1.165) is 44.3 Å². The fraction of sp³-hybridized carbons (Fsp3) is 0.647. The van der Waals surface area contributed by atoms with Crippen LogP contribution in [0.2, 0.25) is 0 Å². The summed E-state index contributed by atoms with van der Waals surface area (Å²) in [6.07, 6.45) is 2.82. The molecule has 118 valence electrons. The predicted octanol–water partition coefficient (Wildman–Crippen LogP) is 2.90.